The number of aliphatic hydroxyl groups excluding tert-OH is 1. The summed E-state index contributed by atoms with van der Waals surface area (Å²) in [7, 11) is 0. The molecule has 3 rings (SSSR count). The van der Waals surface area contributed by atoms with E-state index in [2.05, 4.69) is 5.48 Å². The lowest BCUT2D eigenvalue weighted by atomic mass is 9.60. The standard InChI is InChI=1S/C30H37Cl2NO8/c1-5-15(3)30(39)41-25-11-10-22(33-40-14-19-20(31)8-7-9-21(19)32)18-13-23(35)16(4)26(27(18)25)28(29(37)38)24(36)12-17(34)6-2/h7-10,13,15-16,24-28,33,36H,5-6,11-12,14H2,1-4H3,(H,37,38). The van der Waals surface area contributed by atoms with Crippen LogP contribution in [0.15, 0.2) is 41.6 Å². The third-order valence-corrected chi connectivity index (χ3v) is 8.76. The molecule has 0 fully saturated rings. The van der Waals surface area contributed by atoms with Gasteiger partial charge < -0.3 is 14.9 Å². The van der Waals surface area contributed by atoms with Crippen LogP contribution in [0.1, 0.15) is 58.9 Å². The monoisotopic (exact) mass is 609 g/mol. The summed E-state index contributed by atoms with van der Waals surface area (Å²) in [6, 6.07) is 5.05. The van der Waals surface area contributed by atoms with Gasteiger partial charge in [0, 0.05) is 46.7 Å². The fourth-order valence-electron chi connectivity index (χ4n) is 5.43. The molecular weight excluding hydrogens is 573 g/mol. The Hall–Kier alpha value is -2.72. The van der Waals surface area contributed by atoms with Crippen LogP contribution in [-0.4, -0.2) is 45.9 Å². The Labute approximate surface area is 249 Å². The average molecular weight is 611 g/mol. The number of carboxylic acids is 1. The van der Waals surface area contributed by atoms with Gasteiger partial charge in [-0.1, -0.05) is 63.0 Å². The van der Waals surface area contributed by atoms with E-state index in [1.807, 2.05) is 6.92 Å². The summed E-state index contributed by atoms with van der Waals surface area (Å²) in [5.74, 6) is -6.87. The van der Waals surface area contributed by atoms with Crippen LogP contribution in [0.4, 0.5) is 0 Å². The van der Waals surface area contributed by atoms with Gasteiger partial charge in [-0.15, -0.1) is 0 Å². The minimum atomic E-state index is -1.54. The molecule has 0 aromatic heterocycles. The molecule has 7 unspecified atom stereocenters. The number of nitrogens with one attached hydrogen (secondary N) is 1. The smallest absolute Gasteiger partial charge is 0.309 e. The Morgan fingerprint density at radius 2 is 1.83 bits per heavy atom. The lowest BCUT2D eigenvalue weighted by molar-refractivity contribution is -0.162. The summed E-state index contributed by atoms with van der Waals surface area (Å²) < 4.78 is 5.91. The van der Waals surface area contributed by atoms with Gasteiger partial charge in [0.15, 0.2) is 5.78 Å². The number of hydrogen-bond donors (Lipinski definition) is 3. The molecule has 3 N–H and O–H groups in total. The first-order valence-corrected chi connectivity index (χ1v) is 14.6. The number of halogens is 2. The number of aliphatic carboxylic acids is 1. The zero-order valence-electron chi connectivity index (χ0n) is 23.6. The number of rotatable bonds is 13. The molecule has 1 aromatic rings. The number of hydrogen-bond acceptors (Lipinski definition) is 8. The molecule has 0 aliphatic heterocycles. The van der Waals surface area contributed by atoms with Gasteiger partial charge >= 0.3 is 11.9 Å². The Bertz CT molecular complexity index is 1210. The summed E-state index contributed by atoms with van der Waals surface area (Å²) in [6.45, 7) is 6.81. The van der Waals surface area contributed by atoms with Crippen LogP contribution in [0.2, 0.25) is 10.0 Å². The van der Waals surface area contributed by atoms with Crippen LogP contribution in [0.5, 0.6) is 0 Å². The number of benzene rings is 1. The summed E-state index contributed by atoms with van der Waals surface area (Å²) in [6.07, 6.45) is 1.31. The highest BCUT2D eigenvalue weighted by molar-refractivity contribution is 6.35. The molecule has 0 radical (unpaired) electrons. The number of Topliss-reactive ketones (excluding diaryl/α,β-unsaturated/α-hetero) is 1. The predicted octanol–water partition coefficient (Wildman–Crippen LogP) is 5.07. The van der Waals surface area contributed by atoms with Gasteiger partial charge in [-0.25, -0.2) is 0 Å². The molecule has 0 amide bonds. The van der Waals surface area contributed by atoms with E-state index in [-0.39, 0.29) is 37.4 Å². The first-order valence-electron chi connectivity index (χ1n) is 13.8. The molecule has 0 saturated heterocycles. The molecule has 41 heavy (non-hydrogen) atoms. The zero-order chi connectivity index (χ0) is 30.4. The van der Waals surface area contributed by atoms with E-state index in [1.54, 1.807) is 45.0 Å². The number of esters is 1. The molecule has 0 bridgehead atoms. The van der Waals surface area contributed by atoms with Crippen molar-refractivity contribution >= 4 is 46.7 Å². The minimum Gasteiger partial charge on any atom is -0.481 e. The zero-order valence-corrected chi connectivity index (χ0v) is 25.1. The van der Waals surface area contributed by atoms with Gasteiger partial charge in [0.1, 0.15) is 18.5 Å². The second kappa shape index (κ2) is 14.4. The number of hydroxylamine groups is 1. The maximum absolute atomic E-state index is 13.2. The first kappa shape index (κ1) is 32.8. The molecule has 224 valence electrons. The molecule has 7 atom stereocenters. The molecule has 1 aromatic carbocycles. The number of fused-ring (bicyclic) bond motifs is 1. The van der Waals surface area contributed by atoms with E-state index in [0.717, 1.165) is 0 Å². The Morgan fingerprint density at radius 3 is 2.41 bits per heavy atom. The van der Waals surface area contributed by atoms with Crippen molar-refractivity contribution in [3.05, 3.63) is 57.2 Å². The summed E-state index contributed by atoms with van der Waals surface area (Å²) >= 11 is 12.5. The largest absolute Gasteiger partial charge is 0.481 e. The summed E-state index contributed by atoms with van der Waals surface area (Å²) in [4.78, 5) is 56.6. The fraction of sp³-hybridized carbons (Fsp3) is 0.533. The number of carboxylic acid groups (broad SMARTS) is 1. The van der Waals surface area contributed by atoms with Crippen LogP contribution in [0, 0.1) is 29.6 Å². The number of ether oxygens (including phenoxy) is 1. The SMILES string of the molecule is CCC(=O)CC(O)C(C(=O)O)C1C(C)C(=O)C=C2C(NOCc3c(Cl)cccc3Cl)=CCC(OC(=O)C(C)CC)C21. The lowest BCUT2D eigenvalue weighted by Gasteiger charge is -2.45. The van der Waals surface area contributed by atoms with Crippen LogP contribution < -0.4 is 5.48 Å². The number of carbonyl (C=O) groups excluding carboxylic acids is 3. The van der Waals surface area contributed by atoms with Crippen molar-refractivity contribution in [2.45, 2.75) is 72.2 Å². The molecule has 0 heterocycles. The fourth-order valence-corrected chi connectivity index (χ4v) is 5.93. The van der Waals surface area contributed by atoms with E-state index in [1.165, 1.54) is 6.08 Å². The third kappa shape index (κ3) is 7.57. The van der Waals surface area contributed by atoms with Crippen molar-refractivity contribution in [3.63, 3.8) is 0 Å². The Morgan fingerprint density at radius 1 is 1.17 bits per heavy atom. The topological polar surface area (TPSA) is 139 Å². The van der Waals surface area contributed by atoms with Gasteiger partial charge in [0.2, 0.25) is 0 Å². The van der Waals surface area contributed by atoms with Crippen molar-refractivity contribution in [2.24, 2.45) is 29.6 Å². The van der Waals surface area contributed by atoms with Crippen molar-refractivity contribution < 1.29 is 39.0 Å². The number of carbonyl (C=O) groups is 4. The molecule has 0 saturated carbocycles. The third-order valence-electron chi connectivity index (χ3n) is 8.05. The highest BCUT2D eigenvalue weighted by atomic mass is 35.5. The van der Waals surface area contributed by atoms with E-state index in [0.29, 0.717) is 33.3 Å². The summed E-state index contributed by atoms with van der Waals surface area (Å²) in [5.41, 5.74) is 4.20. The first-order chi connectivity index (χ1) is 19.4. The Kier molecular flexibility index (Phi) is 11.6. The maximum Gasteiger partial charge on any atom is 0.309 e. The van der Waals surface area contributed by atoms with Crippen molar-refractivity contribution in [1.29, 1.82) is 0 Å². The van der Waals surface area contributed by atoms with Crippen molar-refractivity contribution in [3.8, 4) is 0 Å². The van der Waals surface area contributed by atoms with E-state index >= 15 is 0 Å². The van der Waals surface area contributed by atoms with Gasteiger partial charge in [-0.05, 0) is 36.1 Å². The molecule has 2 aliphatic carbocycles. The summed E-state index contributed by atoms with van der Waals surface area (Å²) in [5, 5.41) is 22.1. The normalized spacial score (nSPS) is 24.3. The van der Waals surface area contributed by atoms with Crippen LogP contribution in [-0.2, 0) is 35.4 Å². The van der Waals surface area contributed by atoms with Gasteiger partial charge in [-0.3, -0.25) is 29.5 Å². The van der Waals surface area contributed by atoms with Crippen molar-refractivity contribution in [2.75, 3.05) is 0 Å². The minimum absolute atomic E-state index is 0.0103. The maximum atomic E-state index is 13.2. The molecule has 2 aliphatic rings. The number of ketones is 2. The van der Waals surface area contributed by atoms with Crippen LogP contribution in [0.3, 0.4) is 0 Å². The van der Waals surface area contributed by atoms with E-state index in [9.17, 15) is 29.4 Å². The highest BCUT2D eigenvalue weighted by Gasteiger charge is 2.52. The van der Waals surface area contributed by atoms with Crippen molar-refractivity contribution in [1.82, 2.24) is 5.48 Å². The lowest BCUT2D eigenvalue weighted by Crippen LogP contribution is -2.51. The quantitative estimate of drug-likeness (QED) is 0.206. The van der Waals surface area contributed by atoms with E-state index in [4.69, 9.17) is 32.8 Å². The highest BCUT2D eigenvalue weighted by Crippen LogP contribution is 2.47. The van der Waals surface area contributed by atoms with Gasteiger partial charge in [0.05, 0.1) is 23.6 Å². The van der Waals surface area contributed by atoms with Crippen LogP contribution in [0.25, 0.3) is 0 Å². The molecule has 0 spiro atoms. The van der Waals surface area contributed by atoms with Gasteiger partial charge in [-0.2, -0.15) is 0 Å². The Balaban J connectivity index is 2.00. The second-order valence-corrected chi connectivity index (χ2v) is 11.5. The predicted molar refractivity (Wildman–Crippen MR) is 153 cm³/mol. The number of aliphatic hydroxyl groups is 1. The average Bonchev–Trinajstić information content (AvgIpc) is 2.92. The molecule has 11 heteroatoms. The number of allylic oxidation sites excluding steroid dienone is 2. The van der Waals surface area contributed by atoms with Crippen LogP contribution >= 0.6 is 23.2 Å². The van der Waals surface area contributed by atoms with E-state index < -0.39 is 53.7 Å². The second-order valence-electron chi connectivity index (χ2n) is 10.7. The molecular formula is C30H37Cl2NO8. The molecule has 9 nitrogen and oxygen atoms in total. The van der Waals surface area contributed by atoms with Gasteiger partial charge in [0.25, 0.3) is 0 Å².